The highest BCUT2D eigenvalue weighted by Gasteiger charge is 2.51. The molecule has 0 spiro atoms. The number of hydrogen-bond donors (Lipinski definition) is 2. The Balaban J connectivity index is 2.05. The zero-order valence-corrected chi connectivity index (χ0v) is 17.9. The Morgan fingerprint density at radius 2 is 1.90 bits per heavy atom. The van der Waals surface area contributed by atoms with Crippen LogP contribution in [-0.2, 0) is 15.1 Å². The molecule has 2 N–H and O–H groups in total. The van der Waals surface area contributed by atoms with E-state index in [0.717, 1.165) is 30.6 Å². The van der Waals surface area contributed by atoms with Gasteiger partial charge in [0.25, 0.3) is 5.91 Å². The zero-order chi connectivity index (χ0) is 21.4. The number of hydrogen-bond acceptors (Lipinski definition) is 4. The van der Waals surface area contributed by atoms with Gasteiger partial charge in [-0.15, -0.1) is 0 Å². The Kier molecular flexibility index (Phi) is 8.05. The predicted molar refractivity (Wildman–Crippen MR) is 112 cm³/mol. The molecule has 1 aromatic rings. The normalized spacial score (nSPS) is 19.8. The average Bonchev–Trinajstić information content (AvgIpc) is 2.99. The molecule has 2 atom stereocenters. The number of rotatable bonds is 11. The van der Waals surface area contributed by atoms with E-state index in [4.69, 9.17) is 4.74 Å². The summed E-state index contributed by atoms with van der Waals surface area (Å²) in [6, 6.07) is 6.50. The molecular formula is C22H33N3O4. The van der Waals surface area contributed by atoms with Crippen LogP contribution in [-0.4, -0.2) is 42.9 Å². The number of amides is 4. The molecule has 0 saturated carbocycles. The molecule has 160 valence electrons. The van der Waals surface area contributed by atoms with Gasteiger partial charge in [-0.25, -0.2) is 4.79 Å². The van der Waals surface area contributed by atoms with E-state index in [1.807, 2.05) is 6.92 Å². The molecule has 0 aliphatic carbocycles. The summed E-state index contributed by atoms with van der Waals surface area (Å²) in [6.07, 6.45) is 4.68. The summed E-state index contributed by atoms with van der Waals surface area (Å²) in [6.45, 7) is 6.38. The number of urea groups is 1. The Morgan fingerprint density at radius 3 is 2.45 bits per heavy atom. The number of carbonyl (C=O) groups excluding carboxylic acids is 3. The highest BCUT2D eigenvalue weighted by molar-refractivity contribution is 6.09. The van der Waals surface area contributed by atoms with E-state index in [0.29, 0.717) is 30.2 Å². The molecule has 1 saturated heterocycles. The van der Waals surface area contributed by atoms with Gasteiger partial charge in [0.1, 0.15) is 17.8 Å². The van der Waals surface area contributed by atoms with Crippen LogP contribution in [0.3, 0.4) is 0 Å². The first-order chi connectivity index (χ1) is 13.9. The monoisotopic (exact) mass is 403 g/mol. The average molecular weight is 404 g/mol. The van der Waals surface area contributed by atoms with E-state index in [9.17, 15) is 14.4 Å². The van der Waals surface area contributed by atoms with Crippen LogP contribution in [0.15, 0.2) is 24.3 Å². The lowest BCUT2D eigenvalue weighted by atomic mass is 9.87. The van der Waals surface area contributed by atoms with Crippen molar-refractivity contribution in [3.8, 4) is 5.75 Å². The molecule has 0 aromatic heterocycles. The molecule has 0 bridgehead atoms. The summed E-state index contributed by atoms with van der Waals surface area (Å²) in [4.78, 5) is 39.1. The third kappa shape index (κ3) is 5.08. The fraction of sp³-hybridized carbons (Fsp3) is 0.591. The van der Waals surface area contributed by atoms with Crippen molar-refractivity contribution in [3.05, 3.63) is 29.8 Å². The maximum Gasteiger partial charge on any atom is 0.325 e. The zero-order valence-electron chi connectivity index (χ0n) is 17.9. The van der Waals surface area contributed by atoms with Gasteiger partial charge in [-0.05, 0) is 36.5 Å². The van der Waals surface area contributed by atoms with Gasteiger partial charge in [-0.3, -0.25) is 14.5 Å². The molecule has 1 heterocycles. The van der Waals surface area contributed by atoms with Gasteiger partial charge in [0.05, 0.1) is 7.11 Å². The largest absolute Gasteiger partial charge is 0.497 e. The molecule has 0 radical (unpaired) electrons. The molecule has 29 heavy (non-hydrogen) atoms. The van der Waals surface area contributed by atoms with Gasteiger partial charge in [0.15, 0.2) is 0 Å². The maximum atomic E-state index is 13.1. The van der Waals surface area contributed by atoms with E-state index in [-0.39, 0.29) is 12.5 Å². The van der Waals surface area contributed by atoms with Gasteiger partial charge in [0.2, 0.25) is 5.91 Å². The minimum Gasteiger partial charge on any atom is -0.497 e. The first-order valence-corrected chi connectivity index (χ1v) is 10.5. The molecule has 7 nitrogen and oxygen atoms in total. The van der Waals surface area contributed by atoms with Crippen molar-refractivity contribution < 1.29 is 19.1 Å². The van der Waals surface area contributed by atoms with E-state index >= 15 is 0 Å². The molecular weight excluding hydrogens is 370 g/mol. The Bertz CT molecular complexity index is 719. The number of methoxy groups -OCH3 is 1. The molecule has 7 heteroatoms. The summed E-state index contributed by atoms with van der Waals surface area (Å²) in [7, 11) is 1.57. The first-order valence-electron chi connectivity index (χ1n) is 10.5. The first kappa shape index (κ1) is 22.7. The van der Waals surface area contributed by atoms with Crippen molar-refractivity contribution in [1.82, 2.24) is 15.5 Å². The second-order valence-corrected chi connectivity index (χ2v) is 7.53. The molecule has 4 amide bonds. The third-order valence-corrected chi connectivity index (χ3v) is 5.72. The van der Waals surface area contributed by atoms with Crippen LogP contribution >= 0.6 is 0 Å². The fourth-order valence-electron chi connectivity index (χ4n) is 3.69. The van der Waals surface area contributed by atoms with Crippen molar-refractivity contribution in [2.45, 2.75) is 58.4 Å². The van der Waals surface area contributed by atoms with Gasteiger partial charge >= 0.3 is 6.03 Å². The lowest BCUT2D eigenvalue weighted by Gasteiger charge is -2.26. The van der Waals surface area contributed by atoms with Crippen LogP contribution in [0.1, 0.15) is 58.4 Å². The number of imide groups is 1. The summed E-state index contributed by atoms with van der Waals surface area (Å²) < 4.78 is 5.16. The van der Waals surface area contributed by atoms with Crippen molar-refractivity contribution in [3.63, 3.8) is 0 Å². The second kappa shape index (κ2) is 10.3. The number of nitrogens with zero attached hydrogens (tertiary/aromatic N) is 1. The third-order valence-electron chi connectivity index (χ3n) is 5.72. The van der Waals surface area contributed by atoms with Crippen molar-refractivity contribution in [2.24, 2.45) is 5.92 Å². The Hall–Kier alpha value is -2.57. The van der Waals surface area contributed by atoms with Crippen LogP contribution in [0.2, 0.25) is 0 Å². The quantitative estimate of drug-likeness (QED) is 0.556. The fourth-order valence-corrected chi connectivity index (χ4v) is 3.69. The number of nitrogens with one attached hydrogen (secondary N) is 2. The van der Waals surface area contributed by atoms with Crippen LogP contribution in [0.4, 0.5) is 4.79 Å². The minimum absolute atomic E-state index is 0.271. The van der Waals surface area contributed by atoms with Crippen LogP contribution in [0.25, 0.3) is 0 Å². The molecule has 0 unspecified atom stereocenters. The molecule has 1 aromatic carbocycles. The summed E-state index contributed by atoms with van der Waals surface area (Å²) in [5, 5.41) is 5.68. The van der Waals surface area contributed by atoms with Crippen LogP contribution < -0.4 is 15.4 Å². The van der Waals surface area contributed by atoms with E-state index in [1.54, 1.807) is 31.4 Å². The molecule has 1 aliphatic heterocycles. The smallest absolute Gasteiger partial charge is 0.325 e. The van der Waals surface area contributed by atoms with Gasteiger partial charge < -0.3 is 15.4 Å². The highest BCUT2D eigenvalue weighted by Crippen LogP contribution is 2.33. The number of carbonyl (C=O) groups is 3. The van der Waals surface area contributed by atoms with Crippen LogP contribution in [0.5, 0.6) is 5.75 Å². The second-order valence-electron chi connectivity index (χ2n) is 7.53. The number of benzene rings is 1. The van der Waals surface area contributed by atoms with E-state index in [1.165, 1.54) is 0 Å². The van der Waals surface area contributed by atoms with Gasteiger partial charge in [-0.1, -0.05) is 52.2 Å². The van der Waals surface area contributed by atoms with Crippen molar-refractivity contribution >= 4 is 17.8 Å². The van der Waals surface area contributed by atoms with E-state index < -0.39 is 17.5 Å². The lowest BCUT2D eigenvalue weighted by Crippen LogP contribution is -2.45. The summed E-state index contributed by atoms with van der Waals surface area (Å²) in [5.41, 5.74) is -0.482. The summed E-state index contributed by atoms with van der Waals surface area (Å²) in [5.74, 6) is 0.367. The van der Waals surface area contributed by atoms with Crippen molar-refractivity contribution in [2.75, 3.05) is 20.2 Å². The lowest BCUT2D eigenvalue weighted by molar-refractivity contribution is -0.135. The number of ether oxygens (including phenoxy) is 1. The number of unbranched alkanes of at least 4 members (excludes halogenated alkanes) is 1. The topological polar surface area (TPSA) is 87.7 Å². The van der Waals surface area contributed by atoms with E-state index in [2.05, 4.69) is 24.5 Å². The SMILES string of the molecule is CCCC[C@H](CC)CNC(=O)CN1C(=O)N[C@@](CC)(c2ccc(OC)cc2)C1=O. The van der Waals surface area contributed by atoms with Crippen molar-refractivity contribution in [1.29, 1.82) is 0 Å². The van der Waals surface area contributed by atoms with Crippen LogP contribution in [0, 0.1) is 5.92 Å². The maximum absolute atomic E-state index is 13.1. The molecule has 1 fully saturated rings. The molecule has 2 rings (SSSR count). The Labute approximate surface area is 173 Å². The predicted octanol–water partition coefficient (Wildman–Crippen LogP) is 3.18. The standard InChI is InChI=1S/C22H33N3O4/c1-5-8-9-16(6-2)14-23-19(26)15-25-20(27)22(7-3,24-21(25)28)17-10-12-18(29-4)13-11-17/h10-13,16H,5-9,14-15H2,1-4H3,(H,23,26)(H,24,28)/t16-,22-/m0/s1. The minimum atomic E-state index is -1.16. The highest BCUT2D eigenvalue weighted by atomic mass is 16.5. The van der Waals surface area contributed by atoms with Gasteiger partial charge in [-0.2, -0.15) is 0 Å². The molecule has 1 aliphatic rings. The van der Waals surface area contributed by atoms with Gasteiger partial charge in [0, 0.05) is 6.54 Å². The Morgan fingerprint density at radius 1 is 1.21 bits per heavy atom. The summed E-state index contributed by atoms with van der Waals surface area (Å²) >= 11 is 0.